The van der Waals surface area contributed by atoms with Gasteiger partial charge in [-0.3, -0.25) is 0 Å². The maximum absolute atomic E-state index is 13.1. The first kappa shape index (κ1) is 13.7. The lowest BCUT2D eigenvalue weighted by Crippen LogP contribution is -2.06. The molecule has 104 valence electrons. The lowest BCUT2D eigenvalue weighted by Gasteiger charge is -2.09. The van der Waals surface area contributed by atoms with E-state index in [1.165, 1.54) is 24.3 Å². The molecule has 0 atom stereocenters. The Hall–Kier alpha value is -2.76. The molecule has 2 aromatic rings. The van der Waals surface area contributed by atoms with Gasteiger partial charge in [0.05, 0.1) is 5.71 Å². The van der Waals surface area contributed by atoms with Crippen molar-refractivity contribution >= 4 is 5.71 Å². The topological polar surface area (TPSA) is 93.3 Å². The third kappa shape index (κ3) is 2.64. The van der Waals surface area contributed by atoms with Crippen LogP contribution in [-0.4, -0.2) is 26.2 Å². The van der Waals surface area contributed by atoms with Crippen molar-refractivity contribution in [3.63, 3.8) is 0 Å². The number of rotatable bonds is 3. The number of phenolic OH excluding ortho intramolecular Hbond substituents is 3. The van der Waals surface area contributed by atoms with Gasteiger partial charge in [0.2, 0.25) is 5.75 Å². The third-order valence-electron chi connectivity index (χ3n) is 2.82. The highest BCUT2D eigenvalue weighted by Gasteiger charge is 2.16. The standard InChI is InChI=1S/C14H12FNO4/c15-9-3-1-2-8(6-9)7-11(16-20)10-4-5-12(17)14(19)13(10)18/h1-6,17-20H,7H2/b16-11+. The van der Waals surface area contributed by atoms with Crippen molar-refractivity contribution < 1.29 is 24.9 Å². The number of phenols is 3. The molecule has 0 spiro atoms. The molecule has 0 aliphatic heterocycles. The minimum absolute atomic E-state index is 0.0309. The molecule has 0 saturated heterocycles. The number of halogens is 1. The van der Waals surface area contributed by atoms with Crippen molar-refractivity contribution in [3.05, 3.63) is 53.3 Å². The maximum Gasteiger partial charge on any atom is 0.200 e. The minimum atomic E-state index is -0.706. The van der Waals surface area contributed by atoms with Crippen LogP contribution in [0.5, 0.6) is 17.2 Å². The van der Waals surface area contributed by atoms with E-state index in [1.807, 2.05) is 0 Å². The molecule has 0 fully saturated rings. The van der Waals surface area contributed by atoms with Gasteiger partial charge in [0, 0.05) is 12.0 Å². The zero-order valence-corrected chi connectivity index (χ0v) is 10.3. The smallest absolute Gasteiger partial charge is 0.200 e. The minimum Gasteiger partial charge on any atom is -0.504 e. The van der Waals surface area contributed by atoms with Gasteiger partial charge >= 0.3 is 0 Å². The summed E-state index contributed by atoms with van der Waals surface area (Å²) < 4.78 is 13.1. The normalized spacial score (nSPS) is 11.6. The fraction of sp³-hybridized carbons (Fsp3) is 0.0714. The second-order valence-electron chi connectivity index (χ2n) is 4.18. The highest BCUT2D eigenvalue weighted by atomic mass is 19.1. The Morgan fingerprint density at radius 1 is 1.05 bits per heavy atom. The van der Waals surface area contributed by atoms with E-state index in [4.69, 9.17) is 5.21 Å². The van der Waals surface area contributed by atoms with Crippen LogP contribution in [0.1, 0.15) is 11.1 Å². The fourth-order valence-corrected chi connectivity index (χ4v) is 1.83. The number of hydrogen-bond acceptors (Lipinski definition) is 5. The summed E-state index contributed by atoms with van der Waals surface area (Å²) in [6.45, 7) is 0. The third-order valence-corrected chi connectivity index (χ3v) is 2.82. The van der Waals surface area contributed by atoms with Crippen LogP contribution in [-0.2, 0) is 6.42 Å². The zero-order valence-electron chi connectivity index (χ0n) is 10.3. The van der Waals surface area contributed by atoms with Crippen LogP contribution in [0, 0.1) is 5.82 Å². The number of nitrogens with zero attached hydrogens (tertiary/aromatic N) is 1. The summed E-state index contributed by atoms with van der Waals surface area (Å²) in [4.78, 5) is 0. The summed E-state index contributed by atoms with van der Waals surface area (Å²) in [6, 6.07) is 8.13. The Balaban J connectivity index is 2.37. The summed E-state index contributed by atoms with van der Waals surface area (Å²) >= 11 is 0. The molecule has 0 bridgehead atoms. The van der Waals surface area contributed by atoms with Gasteiger partial charge in [-0.25, -0.2) is 4.39 Å². The molecule has 0 heterocycles. The Morgan fingerprint density at radius 2 is 1.80 bits per heavy atom. The van der Waals surface area contributed by atoms with Gasteiger partial charge in [0.1, 0.15) is 5.82 Å². The van der Waals surface area contributed by atoms with Gasteiger partial charge in [0.25, 0.3) is 0 Å². The van der Waals surface area contributed by atoms with E-state index in [0.717, 1.165) is 6.07 Å². The largest absolute Gasteiger partial charge is 0.504 e. The van der Waals surface area contributed by atoms with Crippen molar-refractivity contribution in [2.24, 2.45) is 5.16 Å². The first-order valence-electron chi connectivity index (χ1n) is 5.72. The molecule has 0 unspecified atom stereocenters. The first-order valence-corrected chi connectivity index (χ1v) is 5.72. The van der Waals surface area contributed by atoms with Gasteiger partial charge in [-0.05, 0) is 29.8 Å². The highest BCUT2D eigenvalue weighted by molar-refractivity contribution is 6.04. The van der Waals surface area contributed by atoms with E-state index in [9.17, 15) is 19.7 Å². The Kier molecular flexibility index (Phi) is 3.74. The summed E-state index contributed by atoms with van der Waals surface area (Å²) in [5.41, 5.74) is 0.611. The maximum atomic E-state index is 13.1. The van der Waals surface area contributed by atoms with Crippen LogP contribution in [0.2, 0.25) is 0 Å². The predicted molar refractivity (Wildman–Crippen MR) is 69.9 cm³/mol. The quantitative estimate of drug-likeness (QED) is 0.300. The number of oxime groups is 1. The second-order valence-corrected chi connectivity index (χ2v) is 4.18. The molecule has 0 saturated carbocycles. The lowest BCUT2D eigenvalue weighted by atomic mass is 10.0. The van der Waals surface area contributed by atoms with Crippen molar-refractivity contribution in [2.45, 2.75) is 6.42 Å². The van der Waals surface area contributed by atoms with Gasteiger partial charge in [0.15, 0.2) is 11.5 Å². The van der Waals surface area contributed by atoms with Gasteiger partial charge in [-0.15, -0.1) is 0 Å². The molecule has 2 aromatic carbocycles. The summed E-state index contributed by atoms with van der Waals surface area (Å²) in [5, 5.41) is 40.5. The summed E-state index contributed by atoms with van der Waals surface area (Å²) in [7, 11) is 0. The van der Waals surface area contributed by atoms with Gasteiger partial charge < -0.3 is 20.5 Å². The van der Waals surface area contributed by atoms with Crippen LogP contribution in [0.25, 0.3) is 0 Å². The molecule has 0 amide bonds. The van der Waals surface area contributed by atoms with E-state index in [0.29, 0.717) is 5.56 Å². The number of benzene rings is 2. The molecular formula is C14H12FNO4. The molecule has 0 radical (unpaired) electrons. The van der Waals surface area contributed by atoms with Gasteiger partial charge in [-0.2, -0.15) is 0 Å². The van der Waals surface area contributed by atoms with Crippen LogP contribution in [0.4, 0.5) is 4.39 Å². The van der Waals surface area contributed by atoms with E-state index in [1.54, 1.807) is 6.07 Å². The molecule has 0 aliphatic rings. The summed E-state index contributed by atoms with van der Waals surface area (Å²) in [5.74, 6) is -2.23. The van der Waals surface area contributed by atoms with Crippen LogP contribution in [0.15, 0.2) is 41.6 Å². The molecule has 5 nitrogen and oxygen atoms in total. The van der Waals surface area contributed by atoms with Crippen molar-refractivity contribution in [1.29, 1.82) is 0 Å². The van der Waals surface area contributed by atoms with Crippen molar-refractivity contribution in [1.82, 2.24) is 0 Å². The molecule has 2 rings (SSSR count). The molecule has 0 aliphatic carbocycles. The SMILES string of the molecule is O/N=C(\Cc1cccc(F)c1)c1ccc(O)c(O)c1O. The Morgan fingerprint density at radius 3 is 2.45 bits per heavy atom. The molecule has 6 heteroatoms. The van der Waals surface area contributed by atoms with Crippen LogP contribution in [0.3, 0.4) is 0 Å². The van der Waals surface area contributed by atoms with Crippen molar-refractivity contribution in [3.8, 4) is 17.2 Å². The second kappa shape index (κ2) is 5.48. The van der Waals surface area contributed by atoms with Crippen LogP contribution >= 0.6 is 0 Å². The zero-order chi connectivity index (χ0) is 14.7. The average Bonchev–Trinajstić information content (AvgIpc) is 2.43. The predicted octanol–water partition coefficient (Wildman–Crippen LogP) is 2.36. The van der Waals surface area contributed by atoms with Gasteiger partial charge in [-0.1, -0.05) is 17.3 Å². The molecular weight excluding hydrogens is 265 g/mol. The van der Waals surface area contributed by atoms with E-state index < -0.39 is 23.1 Å². The van der Waals surface area contributed by atoms with E-state index in [2.05, 4.69) is 5.16 Å². The van der Waals surface area contributed by atoms with E-state index in [-0.39, 0.29) is 17.7 Å². The Bertz CT molecular complexity index is 670. The average molecular weight is 277 g/mol. The Labute approximate surface area is 113 Å². The van der Waals surface area contributed by atoms with Crippen LogP contribution < -0.4 is 0 Å². The number of aromatic hydroxyl groups is 3. The fourth-order valence-electron chi connectivity index (χ4n) is 1.83. The monoisotopic (exact) mass is 277 g/mol. The summed E-state index contributed by atoms with van der Waals surface area (Å²) in [6.07, 6.45) is 0.0477. The number of hydrogen-bond donors (Lipinski definition) is 4. The molecule has 4 N–H and O–H groups in total. The first-order chi connectivity index (χ1) is 9.52. The lowest BCUT2D eigenvalue weighted by molar-refractivity contribution is 0.317. The van der Waals surface area contributed by atoms with Crippen molar-refractivity contribution in [2.75, 3.05) is 0 Å². The molecule has 0 aromatic heterocycles. The highest BCUT2D eigenvalue weighted by Crippen LogP contribution is 2.37. The van der Waals surface area contributed by atoms with E-state index >= 15 is 0 Å². The molecule has 20 heavy (non-hydrogen) atoms.